The van der Waals surface area contributed by atoms with Crippen LogP contribution < -0.4 is 10.2 Å². The second-order valence-electron chi connectivity index (χ2n) is 7.98. The van der Waals surface area contributed by atoms with Crippen LogP contribution in [0.25, 0.3) is 5.69 Å². The SMILES string of the molecule is N#Cc1ccc2c(c1)Oc1ncn(-c3ccc(C(F)(F)F)cc3)c(=N)c1C2c1cccc([N+](=O)[O-])c1. The molecule has 0 bridgehead atoms. The highest BCUT2D eigenvalue weighted by molar-refractivity contribution is 5.59. The molecule has 0 aliphatic carbocycles. The minimum Gasteiger partial charge on any atom is -0.438 e. The summed E-state index contributed by atoms with van der Waals surface area (Å²) in [6.07, 6.45) is -3.25. The molecule has 5 rings (SSSR count). The Hall–Kier alpha value is -4.98. The summed E-state index contributed by atoms with van der Waals surface area (Å²) in [5.41, 5.74) is 0.818. The second-order valence-corrected chi connectivity index (χ2v) is 7.98. The van der Waals surface area contributed by atoms with Gasteiger partial charge in [-0.1, -0.05) is 18.2 Å². The van der Waals surface area contributed by atoms with E-state index in [4.69, 9.17) is 10.1 Å². The number of ether oxygens (including phenoxy) is 1. The van der Waals surface area contributed by atoms with Gasteiger partial charge in [-0.05, 0) is 42.0 Å². The number of alkyl halides is 3. The molecule has 11 heteroatoms. The molecule has 0 saturated heterocycles. The fourth-order valence-electron chi connectivity index (χ4n) is 4.17. The maximum Gasteiger partial charge on any atom is 0.416 e. The van der Waals surface area contributed by atoms with E-state index in [1.54, 1.807) is 18.2 Å². The molecule has 178 valence electrons. The van der Waals surface area contributed by atoms with Crippen LogP contribution in [0.15, 0.2) is 73.1 Å². The number of halogens is 3. The Labute approximate surface area is 201 Å². The van der Waals surface area contributed by atoms with E-state index in [1.807, 2.05) is 6.07 Å². The van der Waals surface area contributed by atoms with Crippen molar-refractivity contribution < 1.29 is 22.8 Å². The topological polar surface area (TPSA) is 118 Å². The highest BCUT2D eigenvalue weighted by Crippen LogP contribution is 2.45. The van der Waals surface area contributed by atoms with Crippen LogP contribution in [-0.4, -0.2) is 14.5 Å². The van der Waals surface area contributed by atoms with E-state index < -0.39 is 22.6 Å². The normalized spacial score (nSPS) is 14.2. The summed E-state index contributed by atoms with van der Waals surface area (Å²) in [4.78, 5) is 15.2. The highest BCUT2D eigenvalue weighted by atomic mass is 19.4. The van der Waals surface area contributed by atoms with Crippen molar-refractivity contribution in [1.29, 1.82) is 10.7 Å². The lowest BCUT2D eigenvalue weighted by Gasteiger charge is -2.28. The number of nitrogens with one attached hydrogen (secondary N) is 1. The Morgan fingerprint density at radius 1 is 1.11 bits per heavy atom. The molecule has 2 heterocycles. The molecule has 0 fully saturated rings. The van der Waals surface area contributed by atoms with Gasteiger partial charge < -0.3 is 4.74 Å². The lowest BCUT2D eigenvalue weighted by molar-refractivity contribution is -0.384. The van der Waals surface area contributed by atoms with Crippen molar-refractivity contribution in [1.82, 2.24) is 9.55 Å². The zero-order valence-electron chi connectivity index (χ0n) is 18.2. The molecule has 0 radical (unpaired) electrons. The maximum absolute atomic E-state index is 13.0. The largest absolute Gasteiger partial charge is 0.438 e. The van der Waals surface area contributed by atoms with E-state index in [0.29, 0.717) is 22.4 Å². The average Bonchev–Trinajstić information content (AvgIpc) is 2.87. The second kappa shape index (κ2) is 8.35. The summed E-state index contributed by atoms with van der Waals surface area (Å²) in [6.45, 7) is 0. The molecule has 0 spiro atoms. The summed E-state index contributed by atoms with van der Waals surface area (Å²) < 4.78 is 46.2. The first-order valence-electron chi connectivity index (χ1n) is 10.5. The molecule has 3 aromatic carbocycles. The average molecular weight is 489 g/mol. The van der Waals surface area contributed by atoms with Crippen LogP contribution in [0.2, 0.25) is 0 Å². The van der Waals surface area contributed by atoms with Gasteiger partial charge in [0, 0.05) is 29.3 Å². The first-order valence-corrected chi connectivity index (χ1v) is 10.5. The number of nitrogens with zero attached hydrogens (tertiary/aromatic N) is 4. The van der Waals surface area contributed by atoms with Crippen molar-refractivity contribution in [3.05, 3.63) is 116 Å². The predicted molar refractivity (Wildman–Crippen MR) is 120 cm³/mol. The Balaban J connectivity index is 1.72. The molecular formula is C25H14F3N5O3. The van der Waals surface area contributed by atoms with Crippen molar-refractivity contribution in [3.8, 4) is 23.4 Å². The molecule has 1 unspecified atom stereocenters. The highest BCUT2D eigenvalue weighted by Gasteiger charge is 2.34. The van der Waals surface area contributed by atoms with E-state index in [0.717, 1.165) is 12.1 Å². The Morgan fingerprint density at radius 2 is 1.86 bits per heavy atom. The third-order valence-electron chi connectivity index (χ3n) is 5.85. The van der Waals surface area contributed by atoms with Crippen LogP contribution >= 0.6 is 0 Å². The quantitative estimate of drug-likeness (QED) is 0.268. The van der Waals surface area contributed by atoms with Gasteiger partial charge in [-0.25, -0.2) is 4.98 Å². The number of benzene rings is 3. The molecule has 0 saturated carbocycles. The van der Waals surface area contributed by atoms with Crippen molar-refractivity contribution in [3.63, 3.8) is 0 Å². The number of non-ortho nitro benzene ring substituents is 1. The fourth-order valence-corrected chi connectivity index (χ4v) is 4.17. The van der Waals surface area contributed by atoms with Crippen molar-refractivity contribution in [2.24, 2.45) is 0 Å². The Bertz CT molecular complexity index is 1620. The minimum absolute atomic E-state index is 0.0576. The van der Waals surface area contributed by atoms with Gasteiger partial charge in [-0.2, -0.15) is 18.4 Å². The molecule has 1 atom stereocenters. The number of nitriles is 1. The molecule has 0 amide bonds. The number of hydrogen-bond acceptors (Lipinski definition) is 6. The Morgan fingerprint density at radius 3 is 2.53 bits per heavy atom. The standard InChI is InChI=1S/C25H14F3N5O3/c26-25(27,28)16-5-7-17(8-6-16)32-13-31-24-22(23(32)30)21(15-2-1-3-18(11-15)33(34)35)19-9-4-14(12-29)10-20(19)36-24/h1-11,13,21,30H. The third kappa shape index (κ3) is 3.84. The van der Waals surface area contributed by atoms with Gasteiger partial charge in [0.25, 0.3) is 5.69 Å². The number of nitro benzene ring substituents is 1. The third-order valence-corrected chi connectivity index (χ3v) is 5.85. The summed E-state index contributed by atoms with van der Waals surface area (Å²) >= 11 is 0. The van der Waals surface area contributed by atoms with Crippen LogP contribution in [0.1, 0.15) is 33.7 Å². The van der Waals surface area contributed by atoms with Gasteiger partial charge in [-0.15, -0.1) is 0 Å². The van der Waals surface area contributed by atoms with Crippen LogP contribution in [0.4, 0.5) is 18.9 Å². The summed E-state index contributed by atoms with van der Waals surface area (Å²) in [6, 6.07) is 17.0. The summed E-state index contributed by atoms with van der Waals surface area (Å²) in [7, 11) is 0. The van der Waals surface area contributed by atoms with Gasteiger partial charge in [0.2, 0.25) is 5.88 Å². The van der Waals surface area contributed by atoms with Gasteiger partial charge in [0.15, 0.2) is 0 Å². The predicted octanol–water partition coefficient (Wildman–Crippen LogP) is 5.44. The molecule has 4 aromatic rings. The first kappa shape index (κ1) is 22.8. The number of rotatable bonds is 3. The van der Waals surface area contributed by atoms with Crippen molar-refractivity contribution in [2.75, 3.05) is 0 Å². The molecule has 1 N–H and O–H groups in total. The lowest BCUT2D eigenvalue weighted by Crippen LogP contribution is -2.29. The van der Waals surface area contributed by atoms with Gasteiger partial charge in [-0.3, -0.25) is 20.1 Å². The van der Waals surface area contributed by atoms with Gasteiger partial charge >= 0.3 is 6.18 Å². The van der Waals surface area contributed by atoms with Gasteiger partial charge in [0.05, 0.1) is 27.7 Å². The number of hydrogen-bond donors (Lipinski definition) is 1. The van der Waals surface area contributed by atoms with Crippen molar-refractivity contribution >= 4 is 5.69 Å². The number of aromatic nitrogens is 2. The van der Waals surface area contributed by atoms with Gasteiger partial charge in [0.1, 0.15) is 17.6 Å². The monoisotopic (exact) mass is 489 g/mol. The molecule has 36 heavy (non-hydrogen) atoms. The van der Waals surface area contributed by atoms with Crippen molar-refractivity contribution in [2.45, 2.75) is 12.1 Å². The van der Waals surface area contributed by atoms with E-state index in [1.165, 1.54) is 47.3 Å². The van der Waals surface area contributed by atoms with Crippen LogP contribution in [-0.2, 0) is 6.18 Å². The Kier molecular flexibility index (Phi) is 5.29. The minimum atomic E-state index is -4.51. The molecule has 1 aromatic heterocycles. The smallest absolute Gasteiger partial charge is 0.416 e. The molecular weight excluding hydrogens is 475 g/mol. The molecule has 8 nitrogen and oxygen atoms in total. The zero-order valence-corrected chi connectivity index (χ0v) is 18.2. The van der Waals surface area contributed by atoms with E-state index >= 15 is 0 Å². The first-order chi connectivity index (χ1) is 17.2. The zero-order chi connectivity index (χ0) is 25.6. The maximum atomic E-state index is 13.0. The van der Waals surface area contributed by atoms with Crippen LogP contribution in [0.5, 0.6) is 11.6 Å². The van der Waals surface area contributed by atoms with E-state index in [9.17, 15) is 28.5 Å². The summed E-state index contributed by atoms with van der Waals surface area (Å²) in [5, 5.41) is 29.6. The number of fused-ring (bicyclic) bond motifs is 2. The molecule has 1 aliphatic rings. The lowest BCUT2D eigenvalue weighted by atomic mass is 9.83. The fraction of sp³-hybridized carbons (Fsp3) is 0.0800. The van der Waals surface area contributed by atoms with E-state index in [2.05, 4.69) is 4.98 Å². The molecule has 1 aliphatic heterocycles. The van der Waals surface area contributed by atoms with E-state index in [-0.39, 0.29) is 28.3 Å². The number of nitro groups is 1. The summed E-state index contributed by atoms with van der Waals surface area (Å²) in [5.74, 6) is -0.349. The van der Waals surface area contributed by atoms with Crippen LogP contribution in [0, 0.1) is 26.9 Å². The van der Waals surface area contributed by atoms with Crippen LogP contribution in [0.3, 0.4) is 0 Å².